The zero-order chi connectivity index (χ0) is 47.8. The van der Waals surface area contributed by atoms with Gasteiger partial charge in [-0.25, -0.2) is 4.79 Å². The second-order valence-corrected chi connectivity index (χ2v) is 19.9. The summed E-state index contributed by atoms with van der Waals surface area (Å²) >= 11 is 0. The maximum Gasteiger partial charge on any atom is 0.317 e. The quantitative estimate of drug-likeness (QED) is 0.0914. The van der Waals surface area contributed by atoms with E-state index >= 15 is 0 Å². The minimum atomic E-state index is -1.85. The summed E-state index contributed by atoms with van der Waals surface area (Å²) in [6, 6.07) is -1.69. The monoisotopic (exact) mass is 906 g/mol. The van der Waals surface area contributed by atoms with E-state index in [0.717, 1.165) is 13.0 Å². The van der Waals surface area contributed by atoms with Gasteiger partial charge in [0.2, 0.25) is 0 Å². The Kier molecular flexibility index (Phi) is 20.5. The van der Waals surface area contributed by atoms with Gasteiger partial charge in [0.05, 0.1) is 42.0 Å². The van der Waals surface area contributed by atoms with Crippen molar-refractivity contribution in [3.63, 3.8) is 0 Å². The van der Waals surface area contributed by atoms with Gasteiger partial charge in [-0.15, -0.1) is 0 Å². The molecule has 3 aliphatic rings. The first-order valence-corrected chi connectivity index (χ1v) is 23.2. The smallest absolute Gasteiger partial charge is 0.317 e. The van der Waals surface area contributed by atoms with Gasteiger partial charge in [-0.3, -0.25) is 4.79 Å². The zero-order valence-corrected chi connectivity index (χ0v) is 41.1. The van der Waals surface area contributed by atoms with Crippen molar-refractivity contribution in [2.24, 2.45) is 17.8 Å². The summed E-state index contributed by atoms with van der Waals surface area (Å²) in [4.78, 5) is 31.1. The minimum Gasteiger partial charge on any atom is -0.459 e. The molecule has 3 aliphatic heterocycles. The number of aliphatic hydroxyl groups is 5. The first-order chi connectivity index (χ1) is 29.2. The van der Waals surface area contributed by atoms with E-state index in [1.807, 2.05) is 39.8 Å². The van der Waals surface area contributed by atoms with Crippen LogP contribution >= 0.6 is 0 Å². The van der Waals surface area contributed by atoms with Crippen LogP contribution in [0, 0.1) is 17.8 Å². The number of cyclic esters (lactones) is 1. The summed E-state index contributed by atoms with van der Waals surface area (Å²) in [5.74, 6) is -2.93. The lowest BCUT2D eigenvalue weighted by Gasteiger charge is -2.53. The number of methoxy groups -OCH3 is 1. The van der Waals surface area contributed by atoms with Crippen molar-refractivity contribution in [2.45, 2.75) is 198 Å². The molecule has 2 amide bonds. The van der Waals surface area contributed by atoms with E-state index in [4.69, 9.17) is 28.4 Å². The maximum absolute atomic E-state index is 14.5. The molecular formula is C45H87N5O13. The van der Waals surface area contributed by atoms with Gasteiger partial charge >= 0.3 is 12.0 Å². The molecule has 370 valence electrons. The highest BCUT2D eigenvalue weighted by Gasteiger charge is 2.58. The van der Waals surface area contributed by atoms with Crippen LogP contribution in [0.4, 0.5) is 4.79 Å². The fraction of sp³-hybridized carbons (Fsp3) is 0.956. The van der Waals surface area contributed by atoms with Crippen LogP contribution in [0.2, 0.25) is 0 Å². The summed E-state index contributed by atoms with van der Waals surface area (Å²) in [6.07, 6.45) is -8.31. The van der Waals surface area contributed by atoms with E-state index in [2.05, 4.69) is 16.0 Å². The van der Waals surface area contributed by atoms with Crippen LogP contribution in [-0.4, -0.2) is 198 Å². The van der Waals surface area contributed by atoms with Gasteiger partial charge in [0, 0.05) is 58.7 Å². The number of hydrogen-bond acceptors (Lipinski definition) is 16. The average molecular weight is 906 g/mol. The molecule has 0 spiro atoms. The number of aliphatic hydroxyl groups excluding tert-OH is 2. The fourth-order valence-corrected chi connectivity index (χ4v) is 9.71. The van der Waals surface area contributed by atoms with Crippen molar-refractivity contribution in [3.8, 4) is 0 Å². The average Bonchev–Trinajstić information content (AvgIpc) is 3.21. The largest absolute Gasteiger partial charge is 0.459 e. The van der Waals surface area contributed by atoms with Crippen LogP contribution < -0.4 is 16.0 Å². The van der Waals surface area contributed by atoms with Gasteiger partial charge < -0.3 is 79.7 Å². The molecule has 0 aromatic carbocycles. The van der Waals surface area contributed by atoms with Crippen LogP contribution in [0.25, 0.3) is 0 Å². The number of carbonyl (C=O) groups is 2. The number of likely N-dealkylation sites (N-methyl/N-ethyl adjacent to an activating group) is 2. The molecule has 0 aromatic heterocycles. The lowest BCUT2D eigenvalue weighted by Crippen LogP contribution is -2.70. The van der Waals surface area contributed by atoms with Crippen molar-refractivity contribution < 1.29 is 63.5 Å². The third-order valence-corrected chi connectivity index (χ3v) is 14.0. The summed E-state index contributed by atoms with van der Waals surface area (Å²) in [7, 11) is 7.06. The molecule has 0 aliphatic carbocycles. The predicted octanol–water partition coefficient (Wildman–Crippen LogP) is 1.57. The lowest BCUT2D eigenvalue weighted by molar-refractivity contribution is -0.336. The van der Waals surface area contributed by atoms with Crippen LogP contribution in [0.3, 0.4) is 0 Å². The van der Waals surface area contributed by atoms with E-state index in [9.17, 15) is 35.1 Å². The molecule has 18 heteroatoms. The molecule has 0 aromatic rings. The molecule has 0 radical (unpaired) electrons. The molecule has 8 N–H and O–H groups in total. The third-order valence-electron chi connectivity index (χ3n) is 14.0. The van der Waals surface area contributed by atoms with Gasteiger partial charge in [-0.1, -0.05) is 27.7 Å². The summed E-state index contributed by atoms with van der Waals surface area (Å²) in [5, 5.41) is 69.5. The van der Waals surface area contributed by atoms with E-state index in [1.54, 1.807) is 55.5 Å². The highest BCUT2D eigenvalue weighted by atomic mass is 16.7. The molecule has 18 nitrogen and oxygen atoms in total. The van der Waals surface area contributed by atoms with Gasteiger partial charge in [0.1, 0.15) is 35.1 Å². The van der Waals surface area contributed by atoms with E-state index < -0.39 is 108 Å². The lowest BCUT2D eigenvalue weighted by atomic mass is 9.75. The molecule has 0 saturated carbocycles. The Morgan fingerprint density at radius 2 is 1.60 bits per heavy atom. The molecule has 0 bridgehead atoms. The molecule has 18 atom stereocenters. The summed E-state index contributed by atoms with van der Waals surface area (Å²) < 4.78 is 38.5. The Bertz CT molecular complexity index is 1430. The maximum atomic E-state index is 14.5. The molecule has 3 heterocycles. The van der Waals surface area contributed by atoms with E-state index in [1.165, 1.54) is 18.9 Å². The number of urea groups is 1. The van der Waals surface area contributed by atoms with Crippen molar-refractivity contribution in [2.75, 3.05) is 61.0 Å². The Morgan fingerprint density at radius 1 is 0.952 bits per heavy atom. The van der Waals surface area contributed by atoms with Crippen molar-refractivity contribution >= 4 is 12.0 Å². The SMILES string of the molecule is CCCNC(=O)N(C)[C@H]1C[C@@H](C)O[C@@H](O[C@@H]2[C@@H](C)[C@H](O[C@H]3C[C@@](C)(OC)[C@](O)(CNCCN(C)C)[C@H](C)O3)[C@@H](C)C(=O)O[C@H](CC)[C@@](C)(O)[C@H](O)[C@@H](C)NC[C@H](C)C[C@@]2(C)O)[C@@H]1O. The number of nitrogens with zero attached hydrogens (tertiary/aromatic N) is 2. The number of nitrogens with one attached hydrogen (secondary N) is 3. The second-order valence-electron chi connectivity index (χ2n) is 19.9. The first kappa shape index (κ1) is 55.5. The van der Waals surface area contributed by atoms with Crippen LogP contribution in [-0.2, 0) is 33.2 Å². The number of esters is 1. The Labute approximate surface area is 377 Å². The topological polar surface area (TPSA) is 233 Å². The Morgan fingerprint density at radius 3 is 2.19 bits per heavy atom. The number of rotatable bonds is 14. The van der Waals surface area contributed by atoms with Gasteiger partial charge in [0.15, 0.2) is 12.6 Å². The van der Waals surface area contributed by atoms with Gasteiger partial charge in [0.25, 0.3) is 0 Å². The number of hydrogen-bond donors (Lipinski definition) is 8. The normalized spacial score (nSPS) is 43.7. The van der Waals surface area contributed by atoms with E-state index in [-0.39, 0.29) is 37.8 Å². The Balaban J connectivity index is 2.15. The number of amides is 2. The Hall–Kier alpha value is -1.78. The molecule has 3 rings (SSSR count). The van der Waals surface area contributed by atoms with Crippen LogP contribution in [0.1, 0.15) is 108 Å². The summed E-state index contributed by atoms with van der Waals surface area (Å²) in [5.41, 5.74) is -6.22. The molecule has 3 fully saturated rings. The van der Waals surface area contributed by atoms with Crippen LogP contribution in [0.15, 0.2) is 0 Å². The predicted molar refractivity (Wildman–Crippen MR) is 238 cm³/mol. The van der Waals surface area contributed by atoms with Gasteiger partial charge in [-0.2, -0.15) is 0 Å². The molecule has 0 unspecified atom stereocenters. The van der Waals surface area contributed by atoms with Crippen molar-refractivity contribution in [3.05, 3.63) is 0 Å². The molecular weight excluding hydrogens is 819 g/mol. The van der Waals surface area contributed by atoms with E-state index in [0.29, 0.717) is 26.1 Å². The fourth-order valence-electron chi connectivity index (χ4n) is 9.71. The van der Waals surface area contributed by atoms with Crippen molar-refractivity contribution in [1.29, 1.82) is 0 Å². The van der Waals surface area contributed by atoms with Crippen LogP contribution in [0.5, 0.6) is 0 Å². The zero-order valence-electron chi connectivity index (χ0n) is 41.1. The third kappa shape index (κ3) is 13.4. The molecule has 3 saturated heterocycles. The second kappa shape index (κ2) is 23.3. The first-order valence-electron chi connectivity index (χ1n) is 23.2. The standard InChI is InChI=1S/C45H87N5O13/c1-16-18-47-41(54)50(14)32-21-27(4)59-40(35(32)51)63-38-28(5)36(62-34-23-43(10,58-15)45(57,31(8)60-34)25-46-19-20-49(12)13)29(6)39(53)61-33(17-2)44(11,56)37(52)30(7)48-24-26(3)22-42(38,9)55/h26-38,40,46,48,51-52,55-57H,16-25H2,1-15H3,(H,47,54)/t26-,27-,28+,29-,30-,31+,32+,33-,34+,35-,36+,37-,38-,40+,42-,43-,44-,45+/m1/s1. The number of ether oxygens (including phenoxy) is 6. The van der Waals surface area contributed by atoms with Gasteiger partial charge in [-0.05, 0) is 101 Å². The minimum absolute atomic E-state index is 0.0434. The highest BCUT2D eigenvalue weighted by molar-refractivity contribution is 5.74. The highest BCUT2D eigenvalue weighted by Crippen LogP contribution is 2.43. The molecule has 63 heavy (non-hydrogen) atoms. The summed E-state index contributed by atoms with van der Waals surface area (Å²) in [6.45, 7) is 21.5. The van der Waals surface area contributed by atoms with Crippen molar-refractivity contribution in [1.82, 2.24) is 25.8 Å². The number of carbonyl (C=O) groups excluding carboxylic acids is 2.